The summed E-state index contributed by atoms with van der Waals surface area (Å²) in [6.07, 6.45) is 4.82. The number of nitriles is 1. The molecule has 1 unspecified atom stereocenters. The molecule has 0 aromatic carbocycles. The molecule has 1 heterocycles. The van der Waals surface area contributed by atoms with Gasteiger partial charge in [0.25, 0.3) is 0 Å². The van der Waals surface area contributed by atoms with E-state index in [0.717, 1.165) is 22.8 Å². The largest absolute Gasteiger partial charge is 0.464 e. The Balaban J connectivity index is 2.49. The predicted molar refractivity (Wildman–Crippen MR) is 123 cm³/mol. The molecule has 0 saturated carbocycles. The van der Waals surface area contributed by atoms with E-state index in [2.05, 4.69) is 24.9 Å². The van der Waals surface area contributed by atoms with Crippen molar-refractivity contribution < 1.29 is 9.53 Å². The highest BCUT2D eigenvalue weighted by Gasteiger charge is 2.15. The van der Waals surface area contributed by atoms with E-state index in [1.165, 1.54) is 43.2 Å². The van der Waals surface area contributed by atoms with Crippen LogP contribution in [0, 0.1) is 25.2 Å². The average molecular weight is 441 g/mol. The van der Waals surface area contributed by atoms with Crippen molar-refractivity contribution in [2.45, 2.75) is 63.7 Å². The Morgan fingerprint density at radius 2 is 1.96 bits per heavy atom. The van der Waals surface area contributed by atoms with E-state index in [0.29, 0.717) is 22.4 Å². The number of hydrogen-bond acceptors (Lipinski definition) is 7. The number of nitrogens with zero attached hydrogens (tertiary/aromatic N) is 2. The van der Waals surface area contributed by atoms with Gasteiger partial charge < -0.3 is 4.74 Å². The van der Waals surface area contributed by atoms with Gasteiger partial charge in [0.1, 0.15) is 17.7 Å². The second-order valence-electron chi connectivity index (χ2n) is 6.62. The minimum Gasteiger partial charge on any atom is -0.464 e. The number of carbonyl (C=O) groups is 1. The molecule has 0 amide bonds. The Hall–Kier alpha value is -0.840. The van der Waals surface area contributed by atoms with Crippen LogP contribution in [-0.2, 0) is 9.53 Å². The number of ether oxygens (including phenoxy) is 1. The van der Waals surface area contributed by atoms with E-state index in [9.17, 15) is 10.1 Å². The Labute approximate surface area is 183 Å². The third kappa shape index (κ3) is 10.1. The summed E-state index contributed by atoms with van der Waals surface area (Å²) in [6, 6.07) is 4.07. The van der Waals surface area contributed by atoms with Gasteiger partial charge in [-0.15, -0.1) is 0 Å². The molecule has 1 aromatic rings. The zero-order valence-corrected chi connectivity index (χ0v) is 19.9. The molecule has 1 aromatic heterocycles. The van der Waals surface area contributed by atoms with Crippen molar-refractivity contribution >= 4 is 41.3 Å². The van der Waals surface area contributed by atoms with Crippen LogP contribution < -0.4 is 0 Å². The summed E-state index contributed by atoms with van der Waals surface area (Å²) in [5.41, 5.74) is 2.29. The summed E-state index contributed by atoms with van der Waals surface area (Å²) in [7, 11) is 0. The van der Waals surface area contributed by atoms with Crippen molar-refractivity contribution in [1.82, 2.24) is 4.98 Å². The lowest BCUT2D eigenvalue weighted by Crippen LogP contribution is -2.20. The molecule has 0 spiro atoms. The quantitative estimate of drug-likeness (QED) is 0.211. The van der Waals surface area contributed by atoms with E-state index in [1.54, 1.807) is 0 Å². The van der Waals surface area contributed by atoms with Gasteiger partial charge in [0.05, 0.1) is 11.3 Å². The highest BCUT2D eigenvalue weighted by molar-refractivity contribution is 8.03. The van der Waals surface area contributed by atoms with E-state index >= 15 is 0 Å². The fraction of sp³-hybridized carbons (Fsp3) is 0.667. The molecule has 0 bridgehead atoms. The summed E-state index contributed by atoms with van der Waals surface area (Å²) in [5, 5.41) is 10.3. The van der Waals surface area contributed by atoms with Gasteiger partial charge in [-0.05, 0) is 49.8 Å². The van der Waals surface area contributed by atoms with Crippen molar-refractivity contribution in [2.75, 3.05) is 29.6 Å². The third-order valence-corrected chi connectivity index (χ3v) is 7.65. The molecule has 156 valence electrons. The van der Waals surface area contributed by atoms with Crippen molar-refractivity contribution in [3.63, 3.8) is 0 Å². The van der Waals surface area contributed by atoms with E-state index in [1.807, 2.05) is 43.4 Å². The molecule has 0 N–H and O–H groups in total. The van der Waals surface area contributed by atoms with Crippen LogP contribution in [0.4, 0.5) is 0 Å². The molecule has 0 saturated heterocycles. The summed E-state index contributed by atoms with van der Waals surface area (Å²) >= 11 is 5.15. The lowest BCUT2D eigenvalue weighted by Gasteiger charge is -2.16. The molecule has 0 radical (unpaired) electrons. The summed E-state index contributed by atoms with van der Waals surface area (Å²) in [5.74, 6) is 3.24. The molecular formula is C21H32N2O2S3. The molecule has 0 aliphatic rings. The SMILES string of the molecule is CCCCSCC(COC(=O)CSc1nc(C)cc(C)c1C#N)SCCCC. The predicted octanol–water partition coefficient (Wildman–Crippen LogP) is 5.64. The molecule has 7 heteroatoms. The maximum absolute atomic E-state index is 12.2. The maximum Gasteiger partial charge on any atom is 0.316 e. The molecule has 4 nitrogen and oxygen atoms in total. The van der Waals surface area contributed by atoms with Crippen LogP contribution in [-0.4, -0.2) is 45.8 Å². The first-order valence-corrected chi connectivity index (χ1v) is 13.1. The maximum atomic E-state index is 12.2. The number of esters is 1. The van der Waals surface area contributed by atoms with Crippen molar-refractivity contribution in [3.05, 3.63) is 22.9 Å². The zero-order valence-electron chi connectivity index (χ0n) is 17.5. The summed E-state index contributed by atoms with van der Waals surface area (Å²) in [6.45, 7) is 8.64. The van der Waals surface area contributed by atoms with E-state index in [4.69, 9.17) is 4.74 Å². The van der Waals surface area contributed by atoms with Gasteiger partial charge >= 0.3 is 5.97 Å². The smallest absolute Gasteiger partial charge is 0.316 e. The number of aryl methyl sites for hydroxylation is 2. The van der Waals surface area contributed by atoms with E-state index in [-0.39, 0.29) is 11.7 Å². The molecular weight excluding hydrogens is 408 g/mol. The average Bonchev–Trinajstić information content (AvgIpc) is 2.67. The molecule has 1 atom stereocenters. The Kier molecular flexibility index (Phi) is 13.6. The zero-order chi connectivity index (χ0) is 20.8. The number of pyridine rings is 1. The third-order valence-electron chi connectivity index (χ3n) is 3.98. The van der Waals surface area contributed by atoms with Crippen LogP contribution in [0.5, 0.6) is 0 Å². The van der Waals surface area contributed by atoms with Gasteiger partial charge in [-0.1, -0.05) is 38.5 Å². The lowest BCUT2D eigenvalue weighted by molar-refractivity contribution is -0.140. The Bertz CT molecular complexity index is 647. The van der Waals surface area contributed by atoms with Crippen molar-refractivity contribution in [1.29, 1.82) is 5.26 Å². The standard InChI is InChI=1S/C21H32N2O2S3/c1-5-7-9-26-14-18(27-10-8-6-2)13-25-20(24)15-28-21-19(12-22)16(3)11-17(4)23-21/h11,18H,5-10,13-15H2,1-4H3. The number of rotatable bonds is 14. The molecule has 0 aliphatic carbocycles. The van der Waals surface area contributed by atoms with Gasteiger partial charge in [0.15, 0.2) is 0 Å². The number of carbonyl (C=O) groups excluding carboxylic acids is 1. The number of hydrogen-bond donors (Lipinski definition) is 0. The Morgan fingerprint density at radius 3 is 2.64 bits per heavy atom. The van der Waals surface area contributed by atoms with Gasteiger partial charge in [-0.2, -0.15) is 28.8 Å². The number of thioether (sulfide) groups is 3. The van der Waals surface area contributed by atoms with Crippen LogP contribution in [0.15, 0.2) is 11.1 Å². The van der Waals surface area contributed by atoms with Gasteiger partial charge in [0.2, 0.25) is 0 Å². The summed E-state index contributed by atoms with van der Waals surface area (Å²) < 4.78 is 5.54. The van der Waals surface area contributed by atoms with Crippen molar-refractivity contribution in [3.8, 4) is 6.07 Å². The topological polar surface area (TPSA) is 63.0 Å². The first-order chi connectivity index (χ1) is 13.5. The van der Waals surface area contributed by atoms with Crippen LogP contribution in [0.2, 0.25) is 0 Å². The first kappa shape index (κ1) is 25.2. The minimum absolute atomic E-state index is 0.180. The number of unbranched alkanes of at least 4 members (excludes halogenated alkanes) is 2. The molecule has 28 heavy (non-hydrogen) atoms. The van der Waals surface area contributed by atoms with E-state index < -0.39 is 0 Å². The first-order valence-electron chi connectivity index (χ1n) is 9.87. The second kappa shape index (κ2) is 15.1. The normalized spacial score (nSPS) is 11.8. The molecule has 0 aliphatic heterocycles. The summed E-state index contributed by atoms with van der Waals surface area (Å²) in [4.78, 5) is 16.6. The highest BCUT2D eigenvalue weighted by atomic mass is 32.2. The van der Waals surface area contributed by atoms with Gasteiger partial charge in [-0.25, -0.2) is 4.98 Å². The van der Waals surface area contributed by atoms with Crippen LogP contribution in [0.3, 0.4) is 0 Å². The van der Waals surface area contributed by atoms with Crippen molar-refractivity contribution in [2.24, 2.45) is 0 Å². The monoisotopic (exact) mass is 440 g/mol. The van der Waals surface area contributed by atoms with Crippen LogP contribution in [0.25, 0.3) is 0 Å². The molecule has 0 fully saturated rings. The van der Waals surface area contributed by atoms with Gasteiger partial charge in [0, 0.05) is 16.7 Å². The minimum atomic E-state index is -0.241. The number of aromatic nitrogens is 1. The van der Waals surface area contributed by atoms with Crippen LogP contribution in [0.1, 0.15) is 56.4 Å². The second-order valence-corrected chi connectivity index (χ2v) is 10.1. The lowest BCUT2D eigenvalue weighted by atomic mass is 10.1. The fourth-order valence-electron chi connectivity index (χ4n) is 2.40. The highest BCUT2D eigenvalue weighted by Crippen LogP contribution is 2.24. The van der Waals surface area contributed by atoms with Gasteiger partial charge in [-0.3, -0.25) is 4.79 Å². The molecule has 1 rings (SSSR count). The fourth-order valence-corrected chi connectivity index (χ4v) is 5.94. The van der Waals surface area contributed by atoms with Crippen LogP contribution >= 0.6 is 35.3 Å². The Morgan fingerprint density at radius 1 is 1.25 bits per heavy atom.